The molecule has 4 heteroatoms. The molecule has 0 saturated heterocycles. The highest BCUT2D eigenvalue weighted by Gasteiger charge is 2.22. The van der Waals surface area contributed by atoms with Gasteiger partial charge in [0, 0.05) is 10.8 Å². The van der Waals surface area contributed by atoms with Crippen LogP contribution in [0.15, 0.2) is 36.4 Å². The molecule has 0 radical (unpaired) electrons. The van der Waals surface area contributed by atoms with E-state index in [0.29, 0.717) is 26.4 Å². The second kappa shape index (κ2) is 27.1. The fraction of sp³-hybridized carbons (Fsp3) is 0.696. The lowest BCUT2D eigenvalue weighted by atomic mass is 9.98. The van der Waals surface area contributed by atoms with Gasteiger partial charge in [0.05, 0.1) is 37.2 Å². The summed E-state index contributed by atoms with van der Waals surface area (Å²) in [5.41, 5.74) is 0. The van der Waals surface area contributed by atoms with Crippen LogP contribution in [0.5, 0.6) is 23.0 Å². The van der Waals surface area contributed by atoms with Crippen LogP contribution in [0.1, 0.15) is 182 Å². The van der Waals surface area contributed by atoms with Crippen molar-refractivity contribution in [1.82, 2.24) is 0 Å². The SMILES string of the molecule is CCCCCCCCOc1c2cccc(OCCCCCCCC)c2c(OCCCCCCCC)c2c(OCCCCCCCC)cccc12. The predicted octanol–water partition coefficient (Wildman–Crippen LogP) is 15.0. The van der Waals surface area contributed by atoms with Crippen molar-refractivity contribution in [1.29, 1.82) is 0 Å². The van der Waals surface area contributed by atoms with Gasteiger partial charge >= 0.3 is 0 Å². The molecule has 4 nitrogen and oxygen atoms in total. The first-order valence-corrected chi connectivity index (χ1v) is 21.3. The van der Waals surface area contributed by atoms with Gasteiger partial charge in [-0.05, 0) is 37.8 Å². The number of benzene rings is 3. The van der Waals surface area contributed by atoms with Crippen molar-refractivity contribution in [3.63, 3.8) is 0 Å². The van der Waals surface area contributed by atoms with E-state index in [0.717, 1.165) is 70.2 Å². The number of rotatable bonds is 32. The zero-order valence-corrected chi connectivity index (χ0v) is 32.9. The number of ether oxygens (including phenoxy) is 4. The molecule has 0 aliphatic carbocycles. The molecule has 0 atom stereocenters. The third-order valence-electron chi connectivity index (χ3n) is 10.00. The molecule has 0 bridgehead atoms. The molecule has 0 amide bonds. The molecule has 0 saturated carbocycles. The molecular formula is C46H74O4. The minimum absolute atomic E-state index is 0.686. The van der Waals surface area contributed by atoms with Crippen LogP contribution in [0.4, 0.5) is 0 Å². The zero-order valence-electron chi connectivity index (χ0n) is 32.9. The Labute approximate surface area is 307 Å². The summed E-state index contributed by atoms with van der Waals surface area (Å²) in [6.45, 7) is 11.9. The quantitative estimate of drug-likeness (QED) is 0.0483. The van der Waals surface area contributed by atoms with Crippen LogP contribution in [0.25, 0.3) is 21.5 Å². The average Bonchev–Trinajstić information content (AvgIpc) is 3.13. The summed E-state index contributed by atoms with van der Waals surface area (Å²) in [5.74, 6) is 3.62. The molecule has 0 heterocycles. The third-order valence-corrected chi connectivity index (χ3v) is 10.00. The van der Waals surface area contributed by atoms with E-state index < -0.39 is 0 Å². The van der Waals surface area contributed by atoms with E-state index in [4.69, 9.17) is 18.9 Å². The average molecular weight is 691 g/mol. The molecule has 0 aromatic heterocycles. The van der Waals surface area contributed by atoms with Gasteiger partial charge in [-0.15, -0.1) is 0 Å². The van der Waals surface area contributed by atoms with E-state index in [-0.39, 0.29) is 0 Å². The van der Waals surface area contributed by atoms with Crippen LogP contribution in [0, 0.1) is 0 Å². The maximum absolute atomic E-state index is 6.88. The highest BCUT2D eigenvalue weighted by molar-refractivity contribution is 6.15. The fourth-order valence-corrected chi connectivity index (χ4v) is 6.96. The highest BCUT2D eigenvalue weighted by atomic mass is 16.5. The maximum atomic E-state index is 6.88. The molecule has 0 aliphatic rings. The van der Waals surface area contributed by atoms with Gasteiger partial charge in [0.2, 0.25) is 0 Å². The monoisotopic (exact) mass is 691 g/mol. The van der Waals surface area contributed by atoms with E-state index >= 15 is 0 Å². The largest absolute Gasteiger partial charge is 0.493 e. The molecule has 3 aromatic carbocycles. The minimum Gasteiger partial charge on any atom is -0.493 e. The molecule has 282 valence electrons. The van der Waals surface area contributed by atoms with E-state index in [2.05, 4.69) is 64.1 Å². The third kappa shape index (κ3) is 14.9. The van der Waals surface area contributed by atoms with Crippen molar-refractivity contribution >= 4 is 21.5 Å². The van der Waals surface area contributed by atoms with Crippen LogP contribution in [0.2, 0.25) is 0 Å². The summed E-state index contributed by atoms with van der Waals surface area (Å²) in [6, 6.07) is 12.9. The summed E-state index contributed by atoms with van der Waals surface area (Å²) >= 11 is 0. The molecule has 0 fully saturated rings. The summed E-state index contributed by atoms with van der Waals surface area (Å²) in [4.78, 5) is 0. The van der Waals surface area contributed by atoms with Crippen molar-refractivity contribution in [3.05, 3.63) is 36.4 Å². The molecule has 3 aromatic rings. The second-order valence-electron chi connectivity index (χ2n) is 14.5. The molecule has 0 N–H and O–H groups in total. The number of hydrogen-bond donors (Lipinski definition) is 0. The molecule has 50 heavy (non-hydrogen) atoms. The van der Waals surface area contributed by atoms with Crippen LogP contribution in [0.3, 0.4) is 0 Å². The Hall–Kier alpha value is -2.62. The van der Waals surface area contributed by atoms with Gasteiger partial charge in [0.25, 0.3) is 0 Å². The zero-order chi connectivity index (χ0) is 35.5. The smallest absolute Gasteiger partial charge is 0.142 e. The van der Waals surface area contributed by atoms with Crippen molar-refractivity contribution in [2.75, 3.05) is 26.4 Å². The summed E-state index contributed by atoms with van der Waals surface area (Å²) in [7, 11) is 0. The molecule has 0 unspecified atom stereocenters. The normalized spacial score (nSPS) is 11.4. The fourth-order valence-electron chi connectivity index (χ4n) is 6.96. The van der Waals surface area contributed by atoms with Crippen molar-refractivity contribution in [3.8, 4) is 23.0 Å². The Morgan fingerprint density at radius 1 is 0.320 bits per heavy atom. The van der Waals surface area contributed by atoms with Gasteiger partial charge in [-0.2, -0.15) is 0 Å². The Morgan fingerprint density at radius 3 is 0.980 bits per heavy atom. The van der Waals surface area contributed by atoms with Crippen LogP contribution >= 0.6 is 0 Å². The van der Waals surface area contributed by atoms with Crippen LogP contribution < -0.4 is 18.9 Å². The highest BCUT2D eigenvalue weighted by Crippen LogP contribution is 2.49. The van der Waals surface area contributed by atoms with Crippen LogP contribution in [-0.4, -0.2) is 26.4 Å². The molecule has 3 rings (SSSR count). The first-order chi connectivity index (χ1) is 24.8. The Morgan fingerprint density at radius 2 is 0.620 bits per heavy atom. The molecule has 0 spiro atoms. The standard InChI is InChI=1S/C46H74O4/c1-5-9-13-17-21-25-35-47-41-33-29-31-39-43(41)46(50-38-28-24-20-16-12-8-4)44-40(45(39)49-37-27-23-19-15-11-7-3)32-30-34-42(44)48-36-26-22-18-14-10-6-2/h29-34H,5-28,35-38H2,1-4H3. The first kappa shape index (κ1) is 41.8. The lowest BCUT2D eigenvalue weighted by Gasteiger charge is -2.22. The van der Waals surface area contributed by atoms with Crippen molar-refractivity contribution in [2.24, 2.45) is 0 Å². The Bertz CT molecular complexity index is 1210. The van der Waals surface area contributed by atoms with Gasteiger partial charge in [0.15, 0.2) is 0 Å². The molecular weight excluding hydrogens is 617 g/mol. The van der Waals surface area contributed by atoms with Gasteiger partial charge in [-0.3, -0.25) is 0 Å². The summed E-state index contributed by atoms with van der Waals surface area (Å²) < 4.78 is 26.9. The van der Waals surface area contributed by atoms with Crippen molar-refractivity contribution in [2.45, 2.75) is 182 Å². The van der Waals surface area contributed by atoms with Gasteiger partial charge in [-0.1, -0.05) is 180 Å². The van der Waals surface area contributed by atoms with E-state index in [1.807, 2.05) is 0 Å². The van der Waals surface area contributed by atoms with E-state index in [1.54, 1.807) is 0 Å². The number of fused-ring (bicyclic) bond motifs is 2. The lowest BCUT2D eigenvalue weighted by molar-refractivity contribution is 0.292. The topological polar surface area (TPSA) is 36.9 Å². The summed E-state index contributed by atoms with van der Waals surface area (Å²) in [5, 5.41) is 4.22. The second-order valence-corrected chi connectivity index (χ2v) is 14.5. The minimum atomic E-state index is 0.686. The van der Waals surface area contributed by atoms with Crippen molar-refractivity contribution < 1.29 is 18.9 Å². The number of unbranched alkanes of at least 4 members (excludes halogenated alkanes) is 20. The van der Waals surface area contributed by atoms with E-state index in [1.165, 1.54) is 128 Å². The Balaban J connectivity index is 1.96. The maximum Gasteiger partial charge on any atom is 0.142 e. The number of hydrogen-bond acceptors (Lipinski definition) is 4. The first-order valence-electron chi connectivity index (χ1n) is 21.3. The van der Waals surface area contributed by atoms with Gasteiger partial charge in [-0.25, -0.2) is 0 Å². The van der Waals surface area contributed by atoms with Gasteiger partial charge < -0.3 is 18.9 Å². The Kier molecular flexibility index (Phi) is 22.6. The summed E-state index contributed by atoms with van der Waals surface area (Å²) in [6.07, 6.45) is 29.7. The lowest BCUT2D eigenvalue weighted by Crippen LogP contribution is -2.06. The molecule has 0 aliphatic heterocycles. The predicted molar refractivity (Wildman–Crippen MR) is 217 cm³/mol. The van der Waals surface area contributed by atoms with Gasteiger partial charge in [0.1, 0.15) is 23.0 Å². The van der Waals surface area contributed by atoms with Crippen LogP contribution in [-0.2, 0) is 0 Å². The van der Waals surface area contributed by atoms with E-state index in [9.17, 15) is 0 Å².